The molecule has 6 N–H and O–H groups in total. The predicted octanol–water partition coefficient (Wildman–Crippen LogP) is 1.51. The Kier molecular flexibility index (Phi) is 3.88. The molecule has 120 valence electrons. The molecule has 0 amide bonds. The van der Waals surface area contributed by atoms with Crippen molar-refractivity contribution in [1.82, 2.24) is 21.9 Å². The van der Waals surface area contributed by atoms with Gasteiger partial charge in [-0.15, -0.1) is 11.6 Å². The summed E-state index contributed by atoms with van der Waals surface area (Å²) >= 11 is 6.27. The van der Waals surface area contributed by atoms with E-state index in [-0.39, 0.29) is 17.1 Å². The first-order valence-electron chi connectivity index (χ1n) is 8.21. The van der Waals surface area contributed by atoms with Crippen molar-refractivity contribution in [3.8, 4) is 0 Å². The molecule has 3 atom stereocenters. The van der Waals surface area contributed by atoms with Crippen LogP contribution in [0, 0.1) is 5.92 Å². The highest BCUT2D eigenvalue weighted by molar-refractivity contribution is 6.21. The van der Waals surface area contributed by atoms with Gasteiger partial charge in [0.25, 0.3) is 0 Å². The fraction of sp³-hybridized carbons (Fsp3) is 0.625. The summed E-state index contributed by atoms with van der Waals surface area (Å²) in [6.45, 7) is 0. The van der Waals surface area contributed by atoms with E-state index in [0.29, 0.717) is 5.92 Å². The molecule has 2 fully saturated rings. The van der Waals surface area contributed by atoms with Crippen LogP contribution in [0.4, 0.5) is 0 Å². The Labute approximate surface area is 136 Å². The van der Waals surface area contributed by atoms with Gasteiger partial charge in [-0.25, -0.2) is 10.9 Å². The molecule has 0 spiro atoms. The number of halogens is 1. The molecule has 0 radical (unpaired) electrons. The number of hydrogen-bond donors (Lipinski definition) is 5. The molecule has 4 rings (SSSR count). The fourth-order valence-electron chi connectivity index (χ4n) is 3.96. The lowest BCUT2D eigenvalue weighted by molar-refractivity contribution is 0.396. The van der Waals surface area contributed by atoms with Crippen molar-refractivity contribution in [3.63, 3.8) is 0 Å². The normalized spacial score (nSPS) is 39.3. The highest BCUT2D eigenvalue weighted by Crippen LogP contribution is 2.50. The van der Waals surface area contributed by atoms with Crippen LogP contribution in [0.25, 0.3) is 0 Å². The summed E-state index contributed by atoms with van der Waals surface area (Å²) in [4.78, 5) is 0. The molecule has 22 heavy (non-hydrogen) atoms. The SMILES string of the molecule is N[C@]1(C2NNNN2)C[C@H]1C1=CC=C(C2=CC(Cl)CCC2)CC1. The summed E-state index contributed by atoms with van der Waals surface area (Å²) in [5, 5.41) is 0.217. The third-order valence-corrected chi connectivity index (χ3v) is 5.77. The minimum Gasteiger partial charge on any atom is -0.322 e. The van der Waals surface area contributed by atoms with E-state index in [1.54, 1.807) is 0 Å². The van der Waals surface area contributed by atoms with Gasteiger partial charge in [-0.2, -0.15) is 11.1 Å². The summed E-state index contributed by atoms with van der Waals surface area (Å²) in [6, 6.07) is 0. The second-order valence-electron chi connectivity index (χ2n) is 6.87. The lowest BCUT2D eigenvalue weighted by Crippen LogP contribution is -2.53. The van der Waals surface area contributed by atoms with Gasteiger partial charge in [0, 0.05) is 5.92 Å². The number of alkyl halides is 1. The standard InChI is InChI=1S/C16H24ClN5/c17-13-3-1-2-12(8-13)10-4-6-11(7-5-10)14-9-16(14,18)15-19-21-22-20-15/h4,6,8,13-15,19-22H,1-3,5,7,9,18H2/t13?,14-,16+/m0/s1. The minimum atomic E-state index is -0.195. The molecule has 6 heteroatoms. The second-order valence-corrected chi connectivity index (χ2v) is 7.43. The van der Waals surface area contributed by atoms with Gasteiger partial charge in [0.15, 0.2) is 0 Å². The molecule has 1 saturated carbocycles. The Morgan fingerprint density at radius 2 is 1.91 bits per heavy atom. The number of nitrogens with one attached hydrogen (secondary N) is 4. The topological polar surface area (TPSA) is 74.1 Å². The Morgan fingerprint density at radius 3 is 2.59 bits per heavy atom. The van der Waals surface area contributed by atoms with Crippen LogP contribution in [0.15, 0.2) is 34.9 Å². The molecule has 1 saturated heterocycles. The van der Waals surface area contributed by atoms with Crippen LogP contribution in [0.5, 0.6) is 0 Å². The van der Waals surface area contributed by atoms with Crippen molar-refractivity contribution in [2.45, 2.75) is 55.6 Å². The Balaban J connectivity index is 1.45. The third-order valence-electron chi connectivity index (χ3n) is 5.43. The van der Waals surface area contributed by atoms with Crippen molar-refractivity contribution in [2.24, 2.45) is 11.7 Å². The van der Waals surface area contributed by atoms with Gasteiger partial charge >= 0.3 is 0 Å². The fourth-order valence-corrected chi connectivity index (χ4v) is 4.27. The van der Waals surface area contributed by atoms with Crippen LogP contribution >= 0.6 is 11.6 Å². The average Bonchev–Trinajstić information content (AvgIpc) is 2.98. The maximum Gasteiger partial charge on any atom is 0.104 e. The highest BCUT2D eigenvalue weighted by atomic mass is 35.5. The number of allylic oxidation sites excluding steroid dienone is 5. The van der Waals surface area contributed by atoms with E-state index >= 15 is 0 Å². The van der Waals surface area contributed by atoms with E-state index in [4.69, 9.17) is 17.3 Å². The quantitative estimate of drug-likeness (QED) is 0.510. The van der Waals surface area contributed by atoms with Gasteiger partial charge in [0.1, 0.15) is 6.17 Å². The molecule has 3 aliphatic carbocycles. The molecule has 0 bridgehead atoms. The van der Waals surface area contributed by atoms with Crippen molar-refractivity contribution in [1.29, 1.82) is 0 Å². The van der Waals surface area contributed by atoms with E-state index < -0.39 is 0 Å². The van der Waals surface area contributed by atoms with Gasteiger partial charge in [0.2, 0.25) is 0 Å². The molecule has 0 aromatic carbocycles. The van der Waals surface area contributed by atoms with Crippen molar-refractivity contribution in [2.75, 3.05) is 0 Å². The zero-order chi connectivity index (χ0) is 15.2. The van der Waals surface area contributed by atoms with Crippen LogP contribution in [-0.2, 0) is 0 Å². The van der Waals surface area contributed by atoms with Gasteiger partial charge in [-0.05, 0) is 49.7 Å². The number of nitrogens with two attached hydrogens (primary N) is 1. The van der Waals surface area contributed by atoms with E-state index in [1.165, 1.54) is 29.6 Å². The molecule has 1 aliphatic heterocycles. The van der Waals surface area contributed by atoms with Gasteiger partial charge in [0.05, 0.1) is 10.9 Å². The minimum absolute atomic E-state index is 0.0711. The lowest BCUT2D eigenvalue weighted by Gasteiger charge is -2.24. The first kappa shape index (κ1) is 14.9. The molecule has 5 nitrogen and oxygen atoms in total. The van der Waals surface area contributed by atoms with Crippen LogP contribution in [0.2, 0.25) is 0 Å². The van der Waals surface area contributed by atoms with E-state index in [1.807, 2.05) is 0 Å². The summed E-state index contributed by atoms with van der Waals surface area (Å²) in [5.74, 6) is 0.470. The summed E-state index contributed by atoms with van der Waals surface area (Å²) < 4.78 is 0. The number of hydrogen-bond acceptors (Lipinski definition) is 5. The molecule has 1 unspecified atom stereocenters. The zero-order valence-corrected chi connectivity index (χ0v) is 13.4. The van der Waals surface area contributed by atoms with E-state index in [0.717, 1.165) is 25.7 Å². The van der Waals surface area contributed by atoms with Crippen molar-refractivity contribution in [3.05, 3.63) is 34.9 Å². The molecule has 1 heterocycles. The Bertz CT molecular complexity index is 549. The van der Waals surface area contributed by atoms with E-state index in [2.05, 4.69) is 40.1 Å². The lowest BCUT2D eigenvalue weighted by atomic mass is 9.85. The maximum atomic E-state index is 6.53. The number of hydrazine groups is 3. The second kappa shape index (κ2) is 5.74. The molecule has 4 aliphatic rings. The zero-order valence-electron chi connectivity index (χ0n) is 12.7. The first-order chi connectivity index (χ1) is 10.7. The van der Waals surface area contributed by atoms with Crippen LogP contribution in [0.1, 0.15) is 38.5 Å². The Morgan fingerprint density at radius 1 is 1.09 bits per heavy atom. The van der Waals surface area contributed by atoms with Crippen LogP contribution in [0.3, 0.4) is 0 Å². The van der Waals surface area contributed by atoms with Gasteiger partial charge in [-0.3, -0.25) is 0 Å². The summed E-state index contributed by atoms with van der Waals surface area (Å²) in [7, 11) is 0. The summed E-state index contributed by atoms with van der Waals surface area (Å²) in [5.41, 5.74) is 22.7. The average molecular weight is 322 g/mol. The molecular formula is C16H24ClN5. The van der Waals surface area contributed by atoms with Crippen LogP contribution in [-0.4, -0.2) is 17.1 Å². The highest BCUT2D eigenvalue weighted by Gasteiger charge is 2.58. The number of rotatable bonds is 3. The summed E-state index contributed by atoms with van der Waals surface area (Å²) in [6.07, 6.45) is 13.7. The first-order valence-corrected chi connectivity index (χ1v) is 8.65. The smallest absolute Gasteiger partial charge is 0.104 e. The van der Waals surface area contributed by atoms with Crippen molar-refractivity contribution >= 4 is 11.6 Å². The maximum absolute atomic E-state index is 6.53. The monoisotopic (exact) mass is 321 g/mol. The largest absolute Gasteiger partial charge is 0.322 e. The Hall–Kier alpha value is -0.690. The van der Waals surface area contributed by atoms with Crippen LogP contribution < -0.4 is 27.7 Å². The van der Waals surface area contributed by atoms with Gasteiger partial charge < -0.3 is 5.73 Å². The molecular weight excluding hydrogens is 298 g/mol. The van der Waals surface area contributed by atoms with Crippen molar-refractivity contribution < 1.29 is 0 Å². The molecule has 0 aromatic rings. The predicted molar refractivity (Wildman–Crippen MR) is 88.3 cm³/mol. The van der Waals surface area contributed by atoms with E-state index in [9.17, 15) is 0 Å². The molecule has 0 aromatic heterocycles. The van der Waals surface area contributed by atoms with Gasteiger partial charge in [-0.1, -0.05) is 23.8 Å². The third kappa shape index (κ3) is 2.66.